The van der Waals surface area contributed by atoms with Crippen molar-refractivity contribution in [3.63, 3.8) is 0 Å². The molecule has 0 aliphatic rings. The number of halogens is 1. The van der Waals surface area contributed by atoms with Crippen LogP contribution in [0.2, 0.25) is 0 Å². The predicted octanol–water partition coefficient (Wildman–Crippen LogP) is 3.45. The molecule has 0 saturated heterocycles. The highest BCUT2D eigenvalue weighted by Crippen LogP contribution is 2.21. The molecule has 1 aromatic heterocycles. The van der Waals surface area contributed by atoms with Crippen molar-refractivity contribution in [3.05, 3.63) is 59.5 Å². The molecule has 1 atom stereocenters. The maximum Gasteiger partial charge on any atom is 0.287 e. The summed E-state index contributed by atoms with van der Waals surface area (Å²) in [6.07, 6.45) is 1.52. The lowest BCUT2D eigenvalue weighted by Gasteiger charge is -2.10. The van der Waals surface area contributed by atoms with Crippen LogP contribution >= 0.6 is 15.9 Å². The number of hydrogen-bond donors (Lipinski definition) is 1. The summed E-state index contributed by atoms with van der Waals surface area (Å²) in [4.78, 5) is 11.9. The lowest BCUT2D eigenvalue weighted by atomic mass is 10.1. The van der Waals surface area contributed by atoms with E-state index >= 15 is 0 Å². The van der Waals surface area contributed by atoms with Gasteiger partial charge in [0.1, 0.15) is 0 Å². The molecule has 18 heavy (non-hydrogen) atoms. The summed E-state index contributed by atoms with van der Waals surface area (Å²) in [5, 5.41) is 2.84. The standard InChI is InChI=1S/C14H14BrNO2/c1-10-7-8-18-13(10)14(17)16-9-12(15)11-5-3-2-4-6-11/h2-8,12H,9H2,1H3,(H,16,17). The zero-order valence-corrected chi connectivity index (χ0v) is 11.6. The van der Waals surface area contributed by atoms with E-state index < -0.39 is 0 Å². The molecule has 0 bridgehead atoms. The molecular formula is C14H14BrNO2. The van der Waals surface area contributed by atoms with Gasteiger partial charge in [-0.25, -0.2) is 0 Å². The van der Waals surface area contributed by atoms with Gasteiger partial charge in [-0.3, -0.25) is 4.79 Å². The third kappa shape index (κ3) is 3.01. The summed E-state index contributed by atoms with van der Waals surface area (Å²) in [5.41, 5.74) is 1.98. The van der Waals surface area contributed by atoms with Crippen LogP contribution in [0.25, 0.3) is 0 Å². The normalized spacial score (nSPS) is 12.1. The number of amides is 1. The Balaban J connectivity index is 1.93. The third-order valence-electron chi connectivity index (χ3n) is 2.67. The number of alkyl halides is 1. The third-order valence-corrected chi connectivity index (χ3v) is 3.52. The largest absolute Gasteiger partial charge is 0.459 e. The minimum absolute atomic E-state index is 0.0953. The fourth-order valence-corrected chi connectivity index (χ4v) is 2.11. The minimum atomic E-state index is -0.183. The summed E-state index contributed by atoms with van der Waals surface area (Å²) in [6, 6.07) is 11.7. The van der Waals surface area contributed by atoms with E-state index in [4.69, 9.17) is 4.42 Å². The number of aryl methyl sites for hydroxylation is 1. The molecule has 3 nitrogen and oxygen atoms in total. The number of rotatable bonds is 4. The Bertz CT molecular complexity index is 522. The number of hydrogen-bond acceptors (Lipinski definition) is 2. The highest BCUT2D eigenvalue weighted by molar-refractivity contribution is 9.09. The zero-order valence-electron chi connectivity index (χ0n) is 10.0. The average Bonchev–Trinajstić information content (AvgIpc) is 2.83. The molecule has 0 radical (unpaired) electrons. The monoisotopic (exact) mass is 307 g/mol. The summed E-state index contributed by atoms with van der Waals surface area (Å²) in [7, 11) is 0. The van der Waals surface area contributed by atoms with Crippen LogP contribution in [0.15, 0.2) is 47.1 Å². The SMILES string of the molecule is Cc1ccoc1C(=O)NCC(Br)c1ccccc1. The first kappa shape index (κ1) is 12.9. The Labute approximate surface area is 114 Å². The number of furan rings is 1. The van der Waals surface area contributed by atoms with Gasteiger partial charge in [0.25, 0.3) is 5.91 Å². The molecule has 1 heterocycles. The fourth-order valence-electron chi connectivity index (χ4n) is 1.65. The molecule has 2 aromatic rings. The highest BCUT2D eigenvalue weighted by Gasteiger charge is 2.14. The Hall–Kier alpha value is -1.55. The maximum atomic E-state index is 11.8. The van der Waals surface area contributed by atoms with Crippen molar-refractivity contribution in [2.45, 2.75) is 11.8 Å². The van der Waals surface area contributed by atoms with Crippen molar-refractivity contribution in [2.75, 3.05) is 6.54 Å². The zero-order chi connectivity index (χ0) is 13.0. The Morgan fingerprint density at radius 1 is 1.33 bits per heavy atom. The second-order valence-electron chi connectivity index (χ2n) is 4.02. The summed E-state index contributed by atoms with van der Waals surface area (Å²) in [5.74, 6) is 0.195. The molecule has 1 aromatic carbocycles. The predicted molar refractivity (Wildman–Crippen MR) is 73.9 cm³/mol. The van der Waals surface area contributed by atoms with Gasteiger partial charge in [0.2, 0.25) is 0 Å². The molecule has 0 saturated carbocycles. The molecule has 1 amide bonds. The topological polar surface area (TPSA) is 42.2 Å². The Morgan fingerprint density at radius 3 is 2.67 bits per heavy atom. The van der Waals surface area contributed by atoms with E-state index in [1.54, 1.807) is 6.07 Å². The lowest BCUT2D eigenvalue weighted by Crippen LogP contribution is -2.26. The van der Waals surface area contributed by atoms with E-state index in [-0.39, 0.29) is 10.7 Å². The van der Waals surface area contributed by atoms with Gasteiger partial charge in [0.05, 0.1) is 11.1 Å². The summed E-state index contributed by atoms with van der Waals surface area (Å²) >= 11 is 3.55. The number of benzene rings is 1. The molecule has 0 aliphatic carbocycles. The molecule has 2 rings (SSSR count). The molecule has 0 fully saturated rings. The molecule has 1 N–H and O–H groups in total. The van der Waals surface area contributed by atoms with E-state index in [1.165, 1.54) is 6.26 Å². The van der Waals surface area contributed by atoms with E-state index in [0.717, 1.165) is 11.1 Å². The van der Waals surface area contributed by atoms with Crippen molar-refractivity contribution in [1.29, 1.82) is 0 Å². The van der Waals surface area contributed by atoms with Gasteiger partial charge in [-0.05, 0) is 18.6 Å². The first-order chi connectivity index (χ1) is 8.68. The highest BCUT2D eigenvalue weighted by atomic mass is 79.9. The summed E-state index contributed by atoms with van der Waals surface area (Å²) < 4.78 is 5.14. The summed E-state index contributed by atoms with van der Waals surface area (Å²) in [6.45, 7) is 2.37. The molecular weight excluding hydrogens is 294 g/mol. The van der Waals surface area contributed by atoms with Crippen LogP contribution in [-0.4, -0.2) is 12.5 Å². The average molecular weight is 308 g/mol. The van der Waals surface area contributed by atoms with Crippen LogP contribution in [0.1, 0.15) is 26.5 Å². The van der Waals surface area contributed by atoms with E-state index in [2.05, 4.69) is 21.2 Å². The number of carbonyl (C=O) groups is 1. The van der Waals surface area contributed by atoms with Crippen LogP contribution < -0.4 is 5.32 Å². The first-order valence-electron chi connectivity index (χ1n) is 5.70. The van der Waals surface area contributed by atoms with Crippen molar-refractivity contribution >= 4 is 21.8 Å². The van der Waals surface area contributed by atoms with Gasteiger partial charge >= 0.3 is 0 Å². The van der Waals surface area contributed by atoms with Gasteiger partial charge in [-0.1, -0.05) is 46.3 Å². The molecule has 0 spiro atoms. The van der Waals surface area contributed by atoms with E-state index in [9.17, 15) is 4.79 Å². The molecule has 4 heteroatoms. The fraction of sp³-hybridized carbons (Fsp3) is 0.214. The van der Waals surface area contributed by atoms with Crippen LogP contribution in [0, 0.1) is 6.92 Å². The van der Waals surface area contributed by atoms with Crippen LogP contribution in [0.3, 0.4) is 0 Å². The van der Waals surface area contributed by atoms with Gasteiger partial charge < -0.3 is 9.73 Å². The maximum absolute atomic E-state index is 11.8. The number of carbonyl (C=O) groups excluding carboxylic acids is 1. The Morgan fingerprint density at radius 2 is 2.06 bits per heavy atom. The number of nitrogens with one attached hydrogen (secondary N) is 1. The van der Waals surface area contributed by atoms with Gasteiger partial charge in [-0.2, -0.15) is 0 Å². The van der Waals surface area contributed by atoms with E-state index in [1.807, 2.05) is 37.3 Å². The van der Waals surface area contributed by atoms with Gasteiger partial charge in [0.15, 0.2) is 5.76 Å². The van der Waals surface area contributed by atoms with Crippen molar-refractivity contribution in [2.24, 2.45) is 0 Å². The molecule has 0 aliphatic heterocycles. The lowest BCUT2D eigenvalue weighted by molar-refractivity contribution is 0.0925. The van der Waals surface area contributed by atoms with Crippen LogP contribution in [0.4, 0.5) is 0 Å². The van der Waals surface area contributed by atoms with Gasteiger partial charge in [0, 0.05) is 12.1 Å². The molecule has 1 unspecified atom stereocenters. The smallest absolute Gasteiger partial charge is 0.287 e. The Kier molecular flexibility index (Phi) is 4.20. The second kappa shape index (κ2) is 5.87. The second-order valence-corrected chi connectivity index (χ2v) is 5.13. The van der Waals surface area contributed by atoms with Crippen LogP contribution in [0.5, 0.6) is 0 Å². The van der Waals surface area contributed by atoms with E-state index in [0.29, 0.717) is 12.3 Å². The van der Waals surface area contributed by atoms with Crippen LogP contribution in [-0.2, 0) is 0 Å². The first-order valence-corrected chi connectivity index (χ1v) is 6.61. The minimum Gasteiger partial charge on any atom is -0.459 e. The van der Waals surface area contributed by atoms with Crippen molar-refractivity contribution in [3.8, 4) is 0 Å². The molecule has 94 valence electrons. The quantitative estimate of drug-likeness (QED) is 0.879. The van der Waals surface area contributed by atoms with Crippen molar-refractivity contribution < 1.29 is 9.21 Å². The van der Waals surface area contributed by atoms with Crippen molar-refractivity contribution in [1.82, 2.24) is 5.32 Å². The van der Waals surface area contributed by atoms with Gasteiger partial charge in [-0.15, -0.1) is 0 Å².